The highest BCUT2D eigenvalue weighted by Crippen LogP contribution is 2.24. The molecule has 1 unspecified atom stereocenters. The smallest absolute Gasteiger partial charge is 0.119 e. The first-order valence-corrected chi connectivity index (χ1v) is 7.73. The second-order valence-corrected chi connectivity index (χ2v) is 5.37. The fourth-order valence-electron chi connectivity index (χ4n) is 2.55. The summed E-state index contributed by atoms with van der Waals surface area (Å²) < 4.78 is 7.79. The van der Waals surface area contributed by atoms with Crippen molar-refractivity contribution in [3.63, 3.8) is 0 Å². The van der Waals surface area contributed by atoms with Crippen LogP contribution in [0.15, 0.2) is 85.7 Å². The zero-order valence-corrected chi connectivity index (χ0v) is 13.0. The van der Waals surface area contributed by atoms with Crippen molar-refractivity contribution in [3.8, 4) is 5.75 Å². The molecule has 0 aliphatic carbocycles. The molecule has 0 fully saturated rings. The Balaban J connectivity index is 1.69. The maximum atomic E-state index is 5.83. The molecule has 3 aromatic rings. The molecule has 2 aromatic carbocycles. The topological polar surface area (TPSA) is 27.1 Å². The lowest BCUT2D eigenvalue weighted by molar-refractivity contribution is 0.306. The molecule has 0 aliphatic heterocycles. The van der Waals surface area contributed by atoms with Gasteiger partial charge in [-0.15, -0.1) is 6.58 Å². The molecular weight excluding hydrogens is 284 g/mol. The third kappa shape index (κ3) is 3.89. The van der Waals surface area contributed by atoms with E-state index in [1.165, 1.54) is 5.56 Å². The van der Waals surface area contributed by atoms with Crippen LogP contribution in [0.5, 0.6) is 5.75 Å². The first-order chi connectivity index (χ1) is 11.4. The maximum Gasteiger partial charge on any atom is 0.119 e. The van der Waals surface area contributed by atoms with E-state index < -0.39 is 0 Å². The van der Waals surface area contributed by atoms with Gasteiger partial charge in [0.05, 0.1) is 6.04 Å². The Labute approximate surface area is 136 Å². The summed E-state index contributed by atoms with van der Waals surface area (Å²) in [5.74, 6) is 0.871. The second kappa shape index (κ2) is 7.45. The Morgan fingerprint density at radius 2 is 1.83 bits per heavy atom. The van der Waals surface area contributed by atoms with E-state index in [-0.39, 0.29) is 6.04 Å². The highest BCUT2D eigenvalue weighted by atomic mass is 16.5. The van der Waals surface area contributed by atoms with Crippen LogP contribution in [-0.2, 0) is 6.61 Å². The zero-order valence-electron chi connectivity index (χ0n) is 13.0. The summed E-state index contributed by atoms with van der Waals surface area (Å²) in [4.78, 5) is 0. The Hall–Kier alpha value is -2.81. The molecule has 116 valence electrons. The predicted molar refractivity (Wildman–Crippen MR) is 92.4 cm³/mol. The number of rotatable bonds is 7. The molecule has 1 aromatic heterocycles. The van der Waals surface area contributed by atoms with Gasteiger partial charge in [-0.25, -0.2) is 0 Å². The summed E-state index contributed by atoms with van der Waals surface area (Å²) in [6.07, 6.45) is 6.54. The fraction of sp³-hybridized carbons (Fsp3) is 0.150. The second-order valence-electron chi connectivity index (χ2n) is 5.37. The summed E-state index contributed by atoms with van der Waals surface area (Å²) in [5.41, 5.74) is 2.36. The van der Waals surface area contributed by atoms with Crippen molar-refractivity contribution in [1.82, 2.24) is 9.78 Å². The molecule has 3 heteroatoms. The van der Waals surface area contributed by atoms with E-state index in [2.05, 4.69) is 35.9 Å². The third-order valence-electron chi connectivity index (χ3n) is 3.75. The molecule has 0 saturated heterocycles. The van der Waals surface area contributed by atoms with Crippen LogP contribution >= 0.6 is 0 Å². The summed E-state index contributed by atoms with van der Waals surface area (Å²) in [6, 6.07) is 20.5. The Bertz CT molecular complexity index is 718. The normalized spacial score (nSPS) is 11.8. The Kier molecular flexibility index (Phi) is 4.89. The van der Waals surface area contributed by atoms with Crippen LogP contribution in [0.4, 0.5) is 0 Å². The molecule has 23 heavy (non-hydrogen) atoms. The molecule has 1 atom stereocenters. The molecule has 0 aliphatic rings. The third-order valence-corrected chi connectivity index (χ3v) is 3.75. The van der Waals surface area contributed by atoms with Crippen molar-refractivity contribution in [3.05, 3.63) is 96.8 Å². The lowest BCUT2D eigenvalue weighted by Crippen LogP contribution is -2.10. The molecule has 0 saturated carbocycles. The quantitative estimate of drug-likeness (QED) is 0.595. The first kappa shape index (κ1) is 15.1. The van der Waals surface area contributed by atoms with Gasteiger partial charge in [0.1, 0.15) is 12.4 Å². The number of nitrogens with zero attached hydrogens (tertiary/aromatic N) is 2. The number of allylic oxidation sites excluding steroid dienone is 1. The van der Waals surface area contributed by atoms with Crippen LogP contribution in [0.1, 0.15) is 23.6 Å². The van der Waals surface area contributed by atoms with Gasteiger partial charge in [0, 0.05) is 12.4 Å². The standard InChI is InChI=1S/C20H20N2O/c1-2-7-20(22-15-6-14-21-22)18-10-12-19(13-11-18)23-16-17-8-4-3-5-9-17/h2-6,8-15,20H,1,7,16H2. The van der Waals surface area contributed by atoms with Gasteiger partial charge >= 0.3 is 0 Å². The molecule has 0 bridgehead atoms. The fourth-order valence-corrected chi connectivity index (χ4v) is 2.55. The van der Waals surface area contributed by atoms with E-state index in [0.717, 1.165) is 17.7 Å². The van der Waals surface area contributed by atoms with E-state index in [1.807, 2.05) is 53.4 Å². The van der Waals surface area contributed by atoms with E-state index in [4.69, 9.17) is 4.74 Å². The van der Waals surface area contributed by atoms with Gasteiger partial charge in [-0.1, -0.05) is 48.5 Å². The van der Waals surface area contributed by atoms with Gasteiger partial charge in [0.2, 0.25) is 0 Å². The van der Waals surface area contributed by atoms with Gasteiger partial charge in [-0.3, -0.25) is 4.68 Å². The number of aromatic nitrogens is 2. The van der Waals surface area contributed by atoms with Gasteiger partial charge in [0.25, 0.3) is 0 Å². The van der Waals surface area contributed by atoms with Crippen LogP contribution in [0.2, 0.25) is 0 Å². The minimum Gasteiger partial charge on any atom is -0.489 e. The molecule has 3 rings (SSSR count). The predicted octanol–water partition coefficient (Wildman–Crippen LogP) is 4.63. The van der Waals surface area contributed by atoms with Crippen molar-refractivity contribution in [1.29, 1.82) is 0 Å². The maximum absolute atomic E-state index is 5.83. The lowest BCUT2D eigenvalue weighted by Gasteiger charge is -2.17. The average Bonchev–Trinajstić information content (AvgIpc) is 3.14. The monoisotopic (exact) mass is 304 g/mol. The molecule has 0 spiro atoms. The van der Waals surface area contributed by atoms with Gasteiger partial charge in [0.15, 0.2) is 0 Å². The number of ether oxygens (including phenoxy) is 1. The SMILES string of the molecule is C=CCC(c1ccc(OCc2ccccc2)cc1)n1cccn1. The van der Waals surface area contributed by atoms with Gasteiger partial charge in [-0.05, 0) is 35.7 Å². The molecule has 0 N–H and O–H groups in total. The van der Waals surface area contributed by atoms with Crippen molar-refractivity contribution in [2.75, 3.05) is 0 Å². The average molecular weight is 304 g/mol. The highest BCUT2D eigenvalue weighted by molar-refractivity contribution is 5.30. The lowest BCUT2D eigenvalue weighted by atomic mass is 10.0. The van der Waals surface area contributed by atoms with Crippen molar-refractivity contribution >= 4 is 0 Å². The largest absolute Gasteiger partial charge is 0.489 e. The zero-order chi connectivity index (χ0) is 15.9. The molecule has 1 heterocycles. The van der Waals surface area contributed by atoms with E-state index in [9.17, 15) is 0 Å². The number of hydrogen-bond acceptors (Lipinski definition) is 2. The van der Waals surface area contributed by atoms with Crippen LogP contribution in [0.3, 0.4) is 0 Å². The summed E-state index contributed by atoms with van der Waals surface area (Å²) >= 11 is 0. The van der Waals surface area contributed by atoms with E-state index in [1.54, 1.807) is 6.20 Å². The van der Waals surface area contributed by atoms with Gasteiger partial charge < -0.3 is 4.74 Å². The van der Waals surface area contributed by atoms with Crippen LogP contribution < -0.4 is 4.74 Å². The molecular formula is C20H20N2O. The van der Waals surface area contributed by atoms with Crippen LogP contribution in [0.25, 0.3) is 0 Å². The molecule has 3 nitrogen and oxygen atoms in total. The first-order valence-electron chi connectivity index (χ1n) is 7.73. The number of hydrogen-bond donors (Lipinski definition) is 0. The Morgan fingerprint density at radius 1 is 1.04 bits per heavy atom. The highest BCUT2D eigenvalue weighted by Gasteiger charge is 2.12. The molecule has 0 amide bonds. The van der Waals surface area contributed by atoms with Crippen molar-refractivity contribution in [2.24, 2.45) is 0 Å². The minimum atomic E-state index is 0.172. The van der Waals surface area contributed by atoms with Crippen molar-refractivity contribution < 1.29 is 4.74 Å². The summed E-state index contributed by atoms with van der Waals surface area (Å²) in [5, 5.41) is 4.35. The molecule has 0 radical (unpaired) electrons. The van der Waals surface area contributed by atoms with Crippen molar-refractivity contribution in [2.45, 2.75) is 19.1 Å². The Morgan fingerprint density at radius 3 is 2.48 bits per heavy atom. The minimum absolute atomic E-state index is 0.172. The van der Waals surface area contributed by atoms with E-state index >= 15 is 0 Å². The van der Waals surface area contributed by atoms with Crippen LogP contribution in [0, 0.1) is 0 Å². The number of benzene rings is 2. The van der Waals surface area contributed by atoms with Gasteiger partial charge in [-0.2, -0.15) is 5.10 Å². The van der Waals surface area contributed by atoms with E-state index in [0.29, 0.717) is 6.61 Å². The summed E-state index contributed by atoms with van der Waals surface area (Å²) in [7, 11) is 0. The van der Waals surface area contributed by atoms with Crippen LogP contribution in [-0.4, -0.2) is 9.78 Å². The summed E-state index contributed by atoms with van der Waals surface area (Å²) in [6.45, 7) is 4.43.